The van der Waals surface area contributed by atoms with Crippen LogP contribution in [0, 0.1) is 5.92 Å². The maximum Gasteiger partial charge on any atom is 0.317 e. The predicted molar refractivity (Wildman–Crippen MR) is 104 cm³/mol. The summed E-state index contributed by atoms with van der Waals surface area (Å²) in [5.74, 6) is 0.248. The average Bonchev–Trinajstić information content (AvgIpc) is 2.59. The summed E-state index contributed by atoms with van der Waals surface area (Å²) in [6.07, 6.45) is 2.48. The Kier molecular flexibility index (Phi) is 6.69. The highest BCUT2D eigenvalue weighted by Crippen LogP contribution is 2.18. The van der Waals surface area contributed by atoms with Gasteiger partial charge >= 0.3 is 6.03 Å². The van der Waals surface area contributed by atoms with E-state index in [0.29, 0.717) is 24.5 Å². The number of hydrogen-bond acceptors (Lipinski definition) is 3. The third-order valence-electron chi connectivity index (χ3n) is 4.59. The van der Waals surface area contributed by atoms with E-state index in [2.05, 4.69) is 10.0 Å². The standard InChI is InChI=1S/C19H31N3O3S/c1-5-15-6-8-17(9-7-15)26(24,25)20-14-16-10-12-22(13-11-16)18(23)21-19(2,3)4/h6-9,16,20H,5,10-14H2,1-4H3,(H,21,23). The van der Waals surface area contributed by atoms with Gasteiger partial charge in [-0.3, -0.25) is 0 Å². The second-order valence-electron chi connectivity index (χ2n) is 7.96. The molecule has 0 aliphatic carbocycles. The van der Waals surface area contributed by atoms with Crippen molar-refractivity contribution in [3.63, 3.8) is 0 Å². The Bertz CT molecular complexity index is 701. The first kappa shape index (κ1) is 20.7. The van der Waals surface area contributed by atoms with Gasteiger partial charge < -0.3 is 10.2 Å². The third kappa shape index (κ3) is 5.99. The van der Waals surface area contributed by atoms with Crippen LogP contribution < -0.4 is 10.0 Å². The largest absolute Gasteiger partial charge is 0.333 e. The number of sulfonamides is 1. The van der Waals surface area contributed by atoms with Crippen molar-refractivity contribution in [1.29, 1.82) is 0 Å². The van der Waals surface area contributed by atoms with Gasteiger partial charge in [0.2, 0.25) is 10.0 Å². The number of carbonyl (C=O) groups excluding carboxylic acids is 1. The SMILES string of the molecule is CCc1ccc(S(=O)(=O)NCC2CCN(C(=O)NC(C)(C)C)CC2)cc1. The molecule has 1 aliphatic rings. The number of aryl methyl sites for hydroxylation is 1. The zero-order chi connectivity index (χ0) is 19.4. The topological polar surface area (TPSA) is 78.5 Å². The molecule has 146 valence electrons. The quantitative estimate of drug-likeness (QED) is 0.823. The van der Waals surface area contributed by atoms with Gasteiger partial charge in [0.25, 0.3) is 0 Å². The summed E-state index contributed by atoms with van der Waals surface area (Å²) in [5.41, 5.74) is 0.863. The van der Waals surface area contributed by atoms with E-state index >= 15 is 0 Å². The van der Waals surface area contributed by atoms with E-state index in [1.54, 1.807) is 17.0 Å². The molecule has 0 radical (unpaired) electrons. The van der Waals surface area contributed by atoms with Gasteiger partial charge in [-0.05, 0) is 63.6 Å². The van der Waals surface area contributed by atoms with Crippen LogP contribution in [0.5, 0.6) is 0 Å². The number of amides is 2. The molecule has 0 aromatic heterocycles. The van der Waals surface area contributed by atoms with Crippen molar-refractivity contribution in [3.8, 4) is 0 Å². The normalized spacial score (nSPS) is 16.5. The summed E-state index contributed by atoms with van der Waals surface area (Å²) in [6, 6.07) is 6.95. The Labute approximate surface area is 157 Å². The summed E-state index contributed by atoms with van der Waals surface area (Å²) >= 11 is 0. The van der Waals surface area contributed by atoms with Crippen molar-refractivity contribution in [2.45, 2.75) is 57.4 Å². The van der Waals surface area contributed by atoms with Gasteiger partial charge in [-0.15, -0.1) is 0 Å². The molecule has 0 atom stereocenters. The fourth-order valence-electron chi connectivity index (χ4n) is 2.96. The number of piperidine rings is 1. The van der Waals surface area contributed by atoms with E-state index in [-0.39, 0.29) is 17.5 Å². The zero-order valence-electron chi connectivity index (χ0n) is 16.2. The molecular formula is C19H31N3O3S. The number of carbonyl (C=O) groups is 1. The van der Waals surface area contributed by atoms with Crippen LogP contribution in [-0.2, 0) is 16.4 Å². The lowest BCUT2D eigenvalue weighted by Crippen LogP contribution is -2.51. The Morgan fingerprint density at radius 3 is 2.23 bits per heavy atom. The Hall–Kier alpha value is -1.60. The summed E-state index contributed by atoms with van der Waals surface area (Å²) in [6.45, 7) is 9.62. The summed E-state index contributed by atoms with van der Waals surface area (Å²) in [4.78, 5) is 14.3. The molecule has 2 rings (SSSR count). The number of nitrogens with zero attached hydrogens (tertiary/aromatic N) is 1. The number of rotatable bonds is 5. The highest BCUT2D eigenvalue weighted by molar-refractivity contribution is 7.89. The average molecular weight is 382 g/mol. The van der Waals surface area contributed by atoms with E-state index in [1.807, 2.05) is 39.8 Å². The minimum absolute atomic E-state index is 0.0486. The number of benzene rings is 1. The van der Waals surface area contributed by atoms with Crippen LogP contribution >= 0.6 is 0 Å². The predicted octanol–water partition coefficient (Wildman–Crippen LogP) is 2.75. The molecule has 2 N–H and O–H groups in total. The number of urea groups is 1. The Morgan fingerprint density at radius 2 is 1.73 bits per heavy atom. The van der Waals surface area contributed by atoms with Crippen LogP contribution in [0.4, 0.5) is 4.79 Å². The number of likely N-dealkylation sites (tertiary alicyclic amines) is 1. The van der Waals surface area contributed by atoms with E-state index < -0.39 is 10.0 Å². The minimum atomic E-state index is -3.48. The molecule has 0 unspecified atom stereocenters. The zero-order valence-corrected chi connectivity index (χ0v) is 17.0. The van der Waals surface area contributed by atoms with Crippen molar-refractivity contribution < 1.29 is 13.2 Å². The van der Waals surface area contributed by atoms with Crippen LogP contribution in [0.2, 0.25) is 0 Å². The molecule has 0 spiro atoms. The van der Waals surface area contributed by atoms with Crippen LogP contribution in [0.15, 0.2) is 29.2 Å². The van der Waals surface area contributed by atoms with Gasteiger partial charge in [0, 0.05) is 25.2 Å². The smallest absolute Gasteiger partial charge is 0.317 e. The highest BCUT2D eigenvalue weighted by atomic mass is 32.2. The molecule has 1 fully saturated rings. The van der Waals surface area contributed by atoms with Crippen molar-refractivity contribution in [1.82, 2.24) is 14.9 Å². The molecule has 1 aromatic carbocycles. The molecule has 0 bridgehead atoms. The van der Waals surface area contributed by atoms with Gasteiger partial charge in [-0.25, -0.2) is 17.9 Å². The van der Waals surface area contributed by atoms with Crippen LogP contribution in [0.25, 0.3) is 0 Å². The first-order valence-corrected chi connectivity index (χ1v) is 10.7. The molecule has 1 aliphatic heterocycles. The summed E-state index contributed by atoms with van der Waals surface area (Å²) in [5, 5.41) is 2.97. The molecule has 1 heterocycles. The van der Waals surface area contributed by atoms with Gasteiger partial charge in [0.05, 0.1) is 4.90 Å². The lowest BCUT2D eigenvalue weighted by molar-refractivity contribution is 0.163. The van der Waals surface area contributed by atoms with E-state index in [0.717, 1.165) is 24.8 Å². The molecule has 6 nitrogen and oxygen atoms in total. The van der Waals surface area contributed by atoms with Crippen molar-refractivity contribution in [2.75, 3.05) is 19.6 Å². The first-order chi connectivity index (χ1) is 12.1. The van der Waals surface area contributed by atoms with Crippen LogP contribution in [0.1, 0.15) is 46.1 Å². The Balaban J connectivity index is 1.83. The maximum atomic E-state index is 12.4. The number of hydrogen-bond donors (Lipinski definition) is 2. The fourth-order valence-corrected chi connectivity index (χ4v) is 4.07. The van der Waals surface area contributed by atoms with Gasteiger partial charge in [-0.2, -0.15) is 0 Å². The monoisotopic (exact) mass is 381 g/mol. The van der Waals surface area contributed by atoms with E-state index in [4.69, 9.17) is 0 Å². The molecule has 26 heavy (non-hydrogen) atoms. The van der Waals surface area contributed by atoms with Crippen molar-refractivity contribution in [3.05, 3.63) is 29.8 Å². The highest BCUT2D eigenvalue weighted by Gasteiger charge is 2.26. The first-order valence-electron chi connectivity index (χ1n) is 9.26. The Morgan fingerprint density at radius 1 is 1.15 bits per heavy atom. The molecule has 0 saturated carbocycles. The second-order valence-corrected chi connectivity index (χ2v) is 9.73. The van der Waals surface area contributed by atoms with Gasteiger partial charge in [0.1, 0.15) is 0 Å². The van der Waals surface area contributed by atoms with Crippen LogP contribution in [0.3, 0.4) is 0 Å². The lowest BCUT2D eigenvalue weighted by atomic mass is 9.97. The molecular weight excluding hydrogens is 350 g/mol. The van der Waals surface area contributed by atoms with E-state index in [1.165, 1.54) is 0 Å². The van der Waals surface area contributed by atoms with E-state index in [9.17, 15) is 13.2 Å². The maximum absolute atomic E-state index is 12.4. The van der Waals surface area contributed by atoms with Gasteiger partial charge in [0.15, 0.2) is 0 Å². The fraction of sp³-hybridized carbons (Fsp3) is 0.632. The minimum Gasteiger partial charge on any atom is -0.333 e. The van der Waals surface area contributed by atoms with Crippen molar-refractivity contribution in [2.24, 2.45) is 5.92 Å². The summed E-state index contributed by atoms with van der Waals surface area (Å²) < 4.78 is 27.6. The van der Waals surface area contributed by atoms with Gasteiger partial charge in [-0.1, -0.05) is 19.1 Å². The second kappa shape index (κ2) is 8.39. The van der Waals surface area contributed by atoms with Crippen molar-refractivity contribution >= 4 is 16.1 Å². The lowest BCUT2D eigenvalue weighted by Gasteiger charge is -2.34. The summed E-state index contributed by atoms with van der Waals surface area (Å²) in [7, 11) is -3.48. The third-order valence-corrected chi connectivity index (χ3v) is 6.03. The number of nitrogens with one attached hydrogen (secondary N) is 2. The molecule has 1 saturated heterocycles. The molecule has 7 heteroatoms. The molecule has 1 aromatic rings. The van der Waals surface area contributed by atoms with Crippen LogP contribution in [-0.4, -0.2) is 44.5 Å². The molecule has 2 amide bonds.